The van der Waals surface area contributed by atoms with E-state index < -0.39 is 17.5 Å². The summed E-state index contributed by atoms with van der Waals surface area (Å²) in [5.74, 6) is -2.90. The zero-order valence-electron chi connectivity index (χ0n) is 10.3. The minimum absolute atomic E-state index is 0.147. The molecule has 2 nitrogen and oxygen atoms in total. The summed E-state index contributed by atoms with van der Waals surface area (Å²) in [6, 6.07) is 10.5. The van der Waals surface area contributed by atoms with Crippen molar-refractivity contribution in [1.82, 2.24) is 0 Å². The highest BCUT2D eigenvalue weighted by atomic mass is 19.1. The van der Waals surface area contributed by atoms with Gasteiger partial charge in [0.2, 0.25) is 0 Å². The molecule has 0 N–H and O–H groups in total. The Bertz CT molecular complexity index is 647. The van der Waals surface area contributed by atoms with Crippen molar-refractivity contribution in [3.63, 3.8) is 0 Å². The zero-order chi connectivity index (χ0) is 14.1. The van der Waals surface area contributed by atoms with E-state index in [1.54, 1.807) is 0 Å². The second-order valence-corrected chi connectivity index (χ2v) is 4.49. The van der Waals surface area contributed by atoms with E-state index in [2.05, 4.69) is 5.16 Å². The summed E-state index contributed by atoms with van der Waals surface area (Å²) in [6.45, 7) is 0. The van der Waals surface area contributed by atoms with Gasteiger partial charge in [0.05, 0.1) is 11.3 Å². The van der Waals surface area contributed by atoms with Crippen molar-refractivity contribution in [3.8, 4) is 0 Å². The zero-order valence-corrected chi connectivity index (χ0v) is 10.3. The summed E-state index contributed by atoms with van der Waals surface area (Å²) >= 11 is 0. The van der Waals surface area contributed by atoms with Gasteiger partial charge in [-0.05, 0) is 5.56 Å². The van der Waals surface area contributed by atoms with Gasteiger partial charge >= 0.3 is 0 Å². The number of oxime groups is 1. The molecule has 20 heavy (non-hydrogen) atoms. The Morgan fingerprint density at radius 3 is 2.30 bits per heavy atom. The lowest BCUT2D eigenvalue weighted by molar-refractivity contribution is 0.0857. The normalized spacial score (nSPS) is 17.8. The first kappa shape index (κ1) is 12.7. The maximum Gasteiger partial charge on any atom is 0.158 e. The molecule has 1 aliphatic heterocycles. The highest BCUT2D eigenvalue weighted by Crippen LogP contribution is 2.31. The highest BCUT2D eigenvalue weighted by Gasteiger charge is 2.28. The van der Waals surface area contributed by atoms with Crippen LogP contribution >= 0.6 is 0 Å². The van der Waals surface area contributed by atoms with Gasteiger partial charge in [-0.25, -0.2) is 13.2 Å². The maximum atomic E-state index is 13.7. The van der Waals surface area contributed by atoms with E-state index in [9.17, 15) is 13.2 Å². The Labute approximate surface area is 113 Å². The maximum absolute atomic E-state index is 13.7. The van der Waals surface area contributed by atoms with Crippen LogP contribution in [0.4, 0.5) is 13.2 Å². The molecule has 0 aliphatic carbocycles. The summed E-state index contributed by atoms with van der Waals surface area (Å²) < 4.78 is 40.2. The molecule has 1 heterocycles. The Hall–Kier alpha value is -2.30. The molecule has 0 saturated heterocycles. The van der Waals surface area contributed by atoms with Crippen molar-refractivity contribution in [2.45, 2.75) is 12.5 Å². The second kappa shape index (κ2) is 5.00. The molecule has 0 amide bonds. The van der Waals surface area contributed by atoms with E-state index in [1.165, 1.54) is 0 Å². The van der Waals surface area contributed by atoms with Gasteiger partial charge in [-0.2, -0.15) is 0 Å². The molecule has 5 heteroatoms. The van der Waals surface area contributed by atoms with Crippen LogP contribution < -0.4 is 0 Å². The van der Waals surface area contributed by atoms with Crippen LogP contribution in [0.3, 0.4) is 0 Å². The van der Waals surface area contributed by atoms with Crippen molar-refractivity contribution in [2.75, 3.05) is 0 Å². The predicted molar refractivity (Wildman–Crippen MR) is 67.7 cm³/mol. The van der Waals surface area contributed by atoms with Crippen molar-refractivity contribution in [3.05, 3.63) is 71.0 Å². The first-order chi connectivity index (χ1) is 9.65. The van der Waals surface area contributed by atoms with Gasteiger partial charge in [0.15, 0.2) is 6.10 Å². The minimum atomic E-state index is -0.974. The molecule has 0 saturated carbocycles. The van der Waals surface area contributed by atoms with Gasteiger partial charge in [0, 0.05) is 18.6 Å². The molecule has 1 aliphatic rings. The number of halogens is 3. The molecule has 2 aromatic carbocycles. The van der Waals surface area contributed by atoms with Crippen molar-refractivity contribution < 1.29 is 18.0 Å². The number of nitrogens with zero attached hydrogens (tertiary/aromatic N) is 1. The van der Waals surface area contributed by atoms with Crippen molar-refractivity contribution >= 4 is 5.71 Å². The third-order valence-electron chi connectivity index (χ3n) is 3.14. The topological polar surface area (TPSA) is 21.6 Å². The van der Waals surface area contributed by atoms with E-state index in [1.807, 2.05) is 30.3 Å². The molecule has 0 bridgehead atoms. The molecule has 0 aromatic heterocycles. The Morgan fingerprint density at radius 2 is 1.65 bits per heavy atom. The lowest BCUT2D eigenvalue weighted by Crippen LogP contribution is -2.07. The molecule has 0 spiro atoms. The third-order valence-corrected chi connectivity index (χ3v) is 3.14. The third kappa shape index (κ3) is 2.27. The number of benzene rings is 2. The van der Waals surface area contributed by atoms with Gasteiger partial charge in [-0.15, -0.1) is 0 Å². The summed E-state index contributed by atoms with van der Waals surface area (Å²) in [6.07, 6.45) is -0.140. The molecule has 102 valence electrons. The first-order valence-electron chi connectivity index (χ1n) is 6.07. The standard InChI is InChI=1S/C15H10F3NO/c16-10-6-11(17)15(12(18)7-10)13-8-14(20-19-13)9-4-2-1-3-5-9/h1-7,14H,8H2. The van der Waals surface area contributed by atoms with Crippen molar-refractivity contribution in [2.24, 2.45) is 5.16 Å². The Morgan fingerprint density at radius 1 is 1.00 bits per heavy atom. The Kier molecular flexibility index (Phi) is 3.18. The van der Waals surface area contributed by atoms with E-state index in [4.69, 9.17) is 4.84 Å². The van der Waals surface area contributed by atoms with E-state index >= 15 is 0 Å². The molecule has 3 rings (SSSR count). The van der Waals surface area contributed by atoms with Gasteiger partial charge < -0.3 is 4.84 Å². The summed E-state index contributed by atoms with van der Waals surface area (Å²) in [5, 5.41) is 3.73. The van der Waals surface area contributed by atoms with Gasteiger partial charge in [-0.1, -0.05) is 35.5 Å². The molecule has 1 unspecified atom stereocenters. The molecular weight excluding hydrogens is 267 g/mol. The lowest BCUT2D eigenvalue weighted by atomic mass is 9.99. The van der Waals surface area contributed by atoms with Crippen LogP contribution in [0.25, 0.3) is 0 Å². The molecule has 0 fully saturated rings. The monoisotopic (exact) mass is 277 g/mol. The fourth-order valence-electron chi connectivity index (χ4n) is 2.19. The predicted octanol–water partition coefficient (Wildman–Crippen LogP) is 3.97. The minimum Gasteiger partial charge on any atom is -0.387 e. The SMILES string of the molecule is Fc1cc(F)c(C2=NOC(c3ccccc3)C2)c(F)c1. The molecule has 1 atom stereocenters. The van der Waals surface area contributed by atoms with Gasteiger partial charge in [0.25, 0.3) is 0 Å². The van der Waals surface area contributed by atoms with E-state index in [0.29, 0.717) is 12.1 Å². The quantitative estimate of drug-likeness (QED) is 0.814. The van der Waals surface area contributed by atoms with E-state index in [0.717, 1.165) is 5.56 Å². The van der Waals surface area contributed by atoms with Crippen LogP contribution in [0.5, 0.6) is 0 Å². The summed E-state index contributed by atoms with van der Waals surface area (Å²) in [5.41, 5.74) is 0.688. The number of rotatable bonds is 2. The average molecular weight is 277 g/mol. The van der Waals surface area contributed by atoms with Crippen LogP contribution in [-0.2, 0) is 4.84 Å². The number of hydrogen-bond acceptors (Lipinski definition) is 2. The average Bonchev–Trinajstić information content (AvgIpc) is 2.88. The fourth-order valence-corrected chi connectivity index (χ4v) is 2.19. The first-order valence-corrected chi connectivity index (χ1v) is 6.07. The van der Waals surface area contributed by atoms with Crippen LogP contribution in [0, 0.1) is 17.5 Å². The molecule has 0 radical (unpaired) electrons. The van der Waals surface area contributed by atoms with Crippen LogP contribution in [0.1, 0.15) is 23.7 Å². The van der Waals surface area contributed by atoms with Gasteiger partial charge in [-0.3, -0.25) is 0 Å². The Balaban J connectivity index is 1.88. The fraction of sp³-hybridized carbons (Fsp3) is 0.133. The second-order valence-electron chi connectivity index (χ2n) is 4.49. The molecule has 2 aromatic rings. The van der Waals surface area contributed by atoms with Crippen LogP contribution in [0.2, 0.25) is 0 Å². The van der Waals surface area contributed by atoms with E-state index in [-0.39, 0.29) is 23.8 Å². The summed E-state index contributed by atoms with van der Waals surface area (Å²) in [7, 11) is 0. The largest absolute Gasteiger partial charge is 0.387 e. The summed E-state index contributed by atoms with van der Waals surface area (Å²) in [4.78, 5) is 5.21. The lowest BCUT2D eigenvalue weighted by Gasteiger charge is -2.08. The highest BCUT2D eigenvalue weighted by molar-refractivity contribution is 6.01. The van der Waals surface area contributed by atoms with Crippen LogP contribution in [0.15, 0.2) is 47.6 Å². The molecular formula is C15H10F3NO. The van der Waals surface area contributed by atoms with Gasteiger partial charge in [0.1, 0.15) is 17.5 Å². The van der Waals surface area contributed by atoms with Crippen molar-refractivity contribution in [1.29, 1.82) is 0 Å². The number of hydrogen-bond donors (Lipinski definition) is 0. The smallest absolute Gasteiger partial charge is 0.158 e. The van der Waals surface area contributed by atoms with Crippen LogP contribution in [-0.4, -0.2) is 5.71 Å².